The molecule has 0 saturated carbocycles. The lowest BCUT2D eigenvalue weighted by Crippen LogP contribution is -2.40. The van der Waals surface area contributed by atoms with Crippen LogP contribution in [0.25, 0.3) is 11.7 Å². The fourth-order valence-electron chi connectivity index (χ4n) is 3.70. The smallest absolute Gasteiger partial charge is 0.267 e. The molecular formula is C22H26N6O4. The van der Waals surface area contributed by atoms with Crippen molar-refractivity contribution >= 4 is 29.4 Å². The van der Waals surface area contributed by atoms with Gasteiger partial charge in [0.1, 0.15) is 23.1 Å². The summed E-state index contributed by atoms with van der Waals surface area (Å²) in [6, 6.07) is 5.46. The predicted molar refractivity (Wildman–Crippen MR) is 119 cm³/mol. The molecule has 10 heteroatoms. The third kappa shape index (κ3) is 4.78. The highest BCUT2D eigenvalue weighted by atomic mass is 16.5. The minimum absolute atomic E-state index is 0.143. The van der Waals surface area contributed by atoms with Crippen LogP contribution < -0.4 is 21.5 Å². The highest BCUT2D eigenvalue weighted by Crippen LogP contribution is 2.26. The minimum atomic E-state index is -0.600. The van der Waals surface area contributed by atoms with Crippen molar-refractivity contribution in [2.24, 2.45) is 11.7 Å². The van der Waals surface area contributed by atoms with Crippen molar-refractivity contribution in [2.45, 2.75) is 19.8 Å². The summed E-state index contributed by atoms with van der Waals surface area (Å²) in [5.41, 5.74) is 6.29. The Morgan fingerprint density at radius 1 is 1.41 bits per heavy atom. The van der Waals surface area contributed by atoms with Crippen molar-refractivity contribution in [2.75, 3.05) is 38.3 Å². The fraction of sp³-hybridized carbons (Fsp3) is 0.409. The van der Waals surface area contributed by atoms with Gasteiger partial charge in [0.2, 0.25) is 5.91 Å². The number of carbonyl (C=O) groups excluding carboxylic acids is 2. The standard InChI is InChI=1S/C22H26N6O4/c1-14-4-3-8-28-19(14)26-20(27-9-5-15(6-10-27)18(24)29)17(22(28)31)12-16(13-23)21(30)25-7-11-32-2/h3-4,8,12,15H,5-7,9-11H2,1-2H3,(H2,24,29)(H,25,30). The number of ether oxygens (including phenoxy) is 1. The van der Waals surface area contributed by atoms with E-state index in [2.05, 4.69) is 5.32 Å². The Morgan fingerprint density at radius 2 is 2.12 bits per heavy atom. The number of rotatable bonds is 7. The molecule has 2 amide bonds. The van der Waals surface area contributed by atoms with E-state index < -0.39 is 5.91 Å². The molecule has 0 radical (unpaired) electrons. The molecule has 10 nitrogen and oxygen atoms in total. The van der Waals surface area contributed by atoms with Gasteiger partial charge in [0.15, 0.2) is 0 Å². The van der Waals surface area contributed by atoms with E-state index >= 15 is 0 Å². The number of amides is 2. The van der Waals surface area contributed by atoms with Crippen LogP contribution in [0.5, 0.6) is 0 Å². The molecule has 1 aliphatic heterocycles. The first-order chi connectivity index (χ1) is 15.4. The molecule has 1 aliphatic rings. The highest BCUT2D eigenvalue weighted by Gasteiger charge is 2.27. The first kappa shape index (κ1) is 23.0. The van der Waals surface area contributed by atoms with Gasteiger partial charge in [-0.2, -0.15) is 5.26 Å². The molecule has 0 aromatic carbocycles. The second kappa shape index (κ2) is 10.1. The number of hydrogen-bond donors (Lipinski definition) is 2. The summed E-state index contributed by atoms with van der Waals surface area (Å²) in [5, 5.41) is 12.1. The molecule has 0 unspecified atom stereocenters. The molecule has 2 aromatic heterocycles. The molecular weight excluding hydrogens is 412 g/mol. The molecule has 32 heavy (non-hydrogen) atoms. The number of primary amides is 1. The van der Waals surface area contributed by atoms with Crippen LogP contribution in [0.1, 0.15) is 24.0 Å². The third-order valence-corrected chi connectivity index (χ3v) is 5.51. The summed E-state index contributed by atoms with van der Waals surface area (Å²) in [7, 11) is 1.50. The van der Waals surface area contributed by atoms with E-state index in [-0.39, 0.29) is 35.1 Å². The van der Waals surface area contributed by atoms with Crippen molar-refractivity contribution in [1.29, 1.82) is 5.26 Å². The van der Waals surface area contributed by atoms with Crippen molar-refractivity contribution in [3.8, 4) is 6.07 Å². The first-order valence-electron chi connectivity index (χ1n) is 10.3. The maximum Gasteiger partial charge on any atom is 0.267 e. The number of nitrogens with zero attached hydrogens (tertiary/aromatic N) is 4. The highest BCUT2D eigenvalue weighted by molar-refractivity contribution is 6.02. The number of hydrogen-bond acceptors (Lipinski definition) is 7. The van der Waals surface area contributed by atoms with Gasteiger partial charge in [-0.15, -0.1) is 0 Å². The van der Waals surface area contributed by atoms with Crippen LogP contribution in [0.2, 0.25) is 0 Å². The maximum atomic E-state index is 13.4. The number of piperidine rings is 1. The average molecular weight is 438 g/mol. The largest absolute Gasteiger partial charge is 0.383 e. The van der Waals surface area contributed by atoms with E-state index in [1.54, 1.807) is 12.3 Å². The van der Waals surface area contributed by atoms with E-state index in [1.807, 2.05) is 24.0 Å². The number of nitriles is 1. The van der Waals surface area contributed by atoms with Crippen LogP contribution in [0, 0.1) is 24.2 Å². The monoisotopic (exact) mass is 438 g/mol. The second-order valence-electron chi connectivity index (χ2n) is 7.62. The van der Waals surface area contributed by atoms with Gasteiger partial charge in [-0.3, -0.25) is 18.8 Å². The Labute approximate surface area is 185 Å². The van der Waals surface area contributed by atoms with Crippen LogP contribution in [-0.2, 0) is 14.3 Å². The topological polar surface area (TPSA) is 143 Å². The summed E-state index contributed by atoms with van der Waals surface area (Å²) >= 11 is 0. The lowest BCUT2D eigenvalue weighted by atomic mass is 9.96. The van der Waals surface area contributed by atoms with Gasteiger partial charge in [0.25, 0.3) is 11.5 Å². The van der Waals surface area contributed by atoms with Crippen LogP contribution in [0.15, 0.2) is 28.7 Å². The van der Waals surface area contributed by atoms with Crippen LogP contribution >= 0.6 is 0 Å². The van der Waals surface area contributed by atoms with Crippen LogP contribution in [-0.4, -0.2) is 54.5 Å². The van der Waals surface area contributed by atoms with Crippen LogP contribution in [0.4, 0.5) is 5.82 Å². The number of pyridine rings is 1. The summed E-state index contributed by atoms with van der Waals surface area (Å²) in [4.78, 5) is 44.0. The summed E-state index contributed by atoms with van der Waals surface area (Å²) < 4.78 is 6.31. The van der Waals surface area contributed by atoms with Gasteiger partial charge in [-0.25, -0.2) is 4.98 Å². The van der Waals surface area contributed by atoms with E-state index in [0.717, 1.165) is 5.56 Å². The third-order valence-electron chi connectivity index (χ3n) is 5.51. The zero-order valence-electron chi connectivity index (χ0n) is 18.1. The number of aryl methyl sites for hydroxylation is 1. The van der Waals surface area contributed by atoms with Crippen molar-refractivity contribution in [3.63, 3.8) is 0 Å². The van der Waals surface area contributed by atoms with Gasteiger partial charge >= 0.3 is 0 Å². The molecule has 1 fully saturated rings. The Kier molecular flexibility index (Phi) is 7.22. The van der Waals surface area contributed by atoms with Crippen LogP contribution in [0.3, 0.4) is 0 Å². The second-order valence-corrected chi connectivity index (χ2v) is 7.62. The number of aromatic nitrogens is 2. The number of anilines is 1. The van der Waals surface area contributed by atoms with Crippen molar-refractivity contribution < 1.29 is 14.3 Å². The summed E-state index contributed by atoms with van der Waals surface area (Å²) in [5.74, 6) is -0.789. The van der Waals surface area contributed by atoms with E-state index in [4.69, 9.17) is 15.5 Å². The van der Waals surface area contributed by atoms with Gasteiger partial charge < -0.3 is 20.7 Å². The van der Waals surface area contributed by atoms with Gasteiger partial charge in [0, 0.05) is 38.9 Å². The Morgan fingerprint density at radius 3 is 2.75 bits per heavy atom. The predicted octanol–water partition coefficient (Wildman–Crippen LogP) is 0.374. The van der Waals surface area contributed by atoms with E-state index in [9.17, 15) is 19.6 Å². The molecule has 0 bridgehead atoms. The Hall–Kier alpha value is -3.71. The molecule has 1 saturated heterocycles. The van der Waals surface area contributed by atoms with Gasteiger partial charge in [0.05, 0.1) is 12.2 Å². The van der Waals surface area contributed by atoms with Gasteiger partial charge in [-0.1, -0.05) is 6.07 Å². The zero-order chi connectivity index (χ0) is 23.3. The van der Waals surface area contributed by atoms with Crippen molar-refractivity contribution in [1.82, 2.24) is 14.7 Å². The maximum absolute atomic E-state index is 13.4. The van der Waals surface area contributed by atoms with Gasteiger partial charge in [-0.05, 0) is 37.5 Å². The molecule has 2 aromatic rings. The molecule has 168 valence electrons. The minimum Gasteiger partial charge on any atom is -0.383 e. The van der Waals surface area contributed by atoms with E-state index in [1.165, 1.54) is 17.6 Å². The lowest BCUT2D eigenvalue weighted by molar-refractivity contribution is -0.122. The number of nitrogens with two attached hydrogens (primary N) is 1. The fourth-order valence-corrected chi connectivity index (χ4v) is 3.70. The SMILES string of the molecule is COCCNC(=O)C(C#N)=Cc1c(N2CCC(C(N)=O)CC2)nc2c(C)cccn2c1=O. The number of methoxy groups -OCH3 is 1. The molecule has 0 aliphatic carbocycles. The average Bonchev–Trinajstić information content (AvgIpc) is 2.79. The Bertz CT molecular complexity index is 1160. The Balaban J connectivity index is 2.09. The van der Waals surface area contributed by atoms with E-state index in [0.29, 0.717) is 44.0 Å². The summed E-state index contributed by atoms with van der Waals surface area (Å²) in [6.07, 6.45) is 3.95. The number of carbonyl (C=O) groups is 2. The number of fused-ring (bicyclic) bond motifs is 1. The normalized spacial score (nSPS) is 14.9. The zero-order valence-corrected chi connectivity index (χ0v) is 18.1. The molecule has 0 atom stereocenters. The lowest BCUT2D eigenvalue weighted by Gasteiger charge is -2.32. The molecule has 3 N–H and O–H groups in total. The molecule has 3 heterocycles. The molecule has 0 spiro atoms. The number of nitrogens with one attached hydrogen (secondary N) is 1. The quantitative estimate of drug-likeness (QED) is 0.361. The first-order valence-corrected chi connectivity index (χ1v) is 10.3. The van der Waals surface area contributed by atoms with Crippen molar-refractivity contribution in [3.05, 3.63) is 45.4 Å². The summed E-state index contributed by atoms with van der Waals surface area (Å²) in [6.45, 7) is 3.33. The molecule has 3 rings (SSSR count).